The zero-order valence-electron chi connectivity index (χ0n) is 16.2. The molecule has 1 saturated heterocycles. The van der Waals surface area contributed by atoms with Crippen LogP contribution in [0.2, 0.25) is 0 Å². The molecular weight excluding hydrogens is 358 g/mol. The van der Waals surface area contributed by atoms with Crippen LogP contribution < -0.4 is 14.8 Å². The fourth-order valence-electron chi connectivity index (χ4n) is 3.14. The SMILES string of the molecule is CCOc1cccc(OC2CCN(C(=O)c3cccc(NC(C)=O)n3)CC2)c1. The summed E-state index contributed by atoms with van der Waals surface area (Å²) in [6.45, 7) is 5.16. The molecule has 2 heterocycles. The fourth-order valence-corrected chi connectivity index (χ4v) is 3.14. The van der Waals surface area contributed by atoms with E-state index in [0.29, 0.717) is 31.2 Å². The molecule has 3 rings (SSSR count). The number of carbonyl (C=O) groups excluding carboxylic acids is 2. The van der Waals surface area contributed by atoms with Crippen molar-refractivity contribution < 1.29 is 19.1 Å². The largest absolute Gasteiger partial charge is 0.494 e. The number of anilines is 1. The van der Waals surface area contributed by atoms with E-state index < -0.39 is 0 Å². The number of likely N-dealkylation sites (tertiary alicyclic amines) is 1. The summed E-state index contributed by atoms with van der Waals surface area (Å²) in [6.07, 6.45) is 1.55. The Kier molecular flexibility index (Phi) is 6.47. The second-order valence-electron chi connectivity index (χ2n) is 6.61. The highest BCUT2D eigenvalue weighted by Crippen LogP contribution is 2.24. The lowest BCUT2D eigenvalue weighted by Gasteiger charge is -2.32. The first kappa shape index (κ1) is 19.7. The summed E-state index contributed by atoms with van der Waals surface area (Å²) in [6, 6.07) is 12.7. The molecule has 0 atom stereocenters. The summed E-state index contributed by atoms with van der Waals surface area (Å²) in [5.74, 6) is 1.59. The second-order valence-corrected chi connectivity index (χ2v) is 6.61. The molecule has 0 aliphatic carbocycles. The van der Waals surface area contributed by atoms with E-state index in [1.54, 1.807) is 23.1 Å². The minimum Gasteiger partial charge on any atom is -0.494 e. The molecule has 1 aliphatic rings. The molecule has 28 heavy (non-hydrogen) atoms. The van der Waals surface area contributed by atoms with Gasteiger partial charge in [0.1, 0.15) is 29.1 Å². The van der Waals surface area contributed by atoms with Crippen LogP contribution in [-0.4, -0.2) is 47.5 Å². The van der Waals surface area contributed by atoms with Gasteiger partial charge in [0.2, 0.25) is 5.91 Å². The minimum absolute atomic E-state index is 0.0552. The zero-order valence-corrected chi connectivity index (χ0v) is 16.2. The van der Waals surface area contributed by atoms with Crippen LogP contribution in [0.25, 0.3) is 0 Å². The number of piperidine rings is 1. The number of benzene rings is 1. The maximum Gasteiger partial charge on any atom is 0.272 e. The van der Waals surface area contributed by atoms with E-state index >= 15 is 0 Å². The van der Waals surface area contributed by atoms with Crippen molar-refractivity contribution in [3.05, 3.63) is 48.2 Å². The molecule has 7 nitrogen and oxygen atoms in total. The summed E-state index contributed by atoms with van der Waals surface area (Å²) >= 11 is 0. The Labute approximate surface area is 164 Å². The van der Waals surface area contributed by atoms with E-state index in [0.717, 1.165) is 24.3 Å². The van der Waals surface area contributed by atoms with Gasteiger partial charge in [-0.1, -0.05) is 12.1 Å². The van der Waals surface area contributed by atoms with Crippen molar-refractivity contribution in [2.45, 2.75) is 32.8 Å². The van der Waals surface area contributed by atoms with Crippen molar-refractivity contribution in [1.82, 2.24) is 9.88 Å². The standard InChI is InChI=1S/C21H25N3O4/c1-3-27-17-6-4-7-18(14-17)28-16-10-12-24(13-11-16)21(26)19-8-5-9-20(23-19)22-15(2)25/h4-9,14,16H,3,10-13H2,1-2H3,(H,22,23,25). The molecule has 0 bridgehead atoms. The lowest BCUT2D eigenvalue weighted by atomic mass is 10.1. The van der Waals surface area contributed by atoms with Crippen LogP contribution in [0.15, 0.2) is 42.5 Å². The van der Waals surface area contributed by atoms with Crippen molar-refractivity contribution in [2.75, 3.05) is 25.0 Å². The average Bonchev–Trinajstić information content (AvgIpc) is 2.68. The van der Waals surface area contributed by atoms with Gasteiger partial charge in [0.15, 0.2) is 0 Å². The highest BCUT2D eigenvalue weighted by molar-refractivity contribution is 5.93. The number of aromatic nitrogens is 1. The summed E-state index contributed by atoms with van der Waals surface area (Å²) in [7, 11) is 0. The van der Waals surface area contributed by atoms with E-state index in [1.807, 2.05) is 31.2 Å². The van der Waals surface area contributed by atoms with Gasteiger partial charge in [-0.3, -0.25) is 9.59 Å². The van der Waals surface area contributed by atoms with Crippen LogP contribution in [0.3, 0.4) is 0 Å². The molecular formula is C21H25N3O4. The third kappa shape index (κ3) is 5.22. The van der Waals surface area contributed by atoms with E-state index in [4.69, 9.17) is 9.47 Å². The van der Waals surface area contributed by atoms with Crippen LogP contribution in [0.1, 0.15) is 37.2 Å². The van der Waals surface area contributed by atoms with Gasteiger partial charge in [-0.2, -0.15) is 0 Å². The smallest absolute Gasteiger partial charge is 0.272 e. The number of rotatable bonds is 6. The van der Waals surface area contributed by atoms with E-state index in [-0.39, 0.29) is 17.9 Å². The highest BCUT2D eigenvalue weighted by atomic mass is 16.5. The predicted octanol–water partition coefficient (Wildman–Crippen LogP) is 3.12. The van der Waals surface area contributed by atoms with E-state index in [9.17, 15) is 9.59 Å². The van der Waals surface area contributed by atoms with Crippen LogP contribution in [0.5, 0.6) is 11.5 Å². The molecule has 1 aromatic carbocycles. The van der Waals surface area contributed by atoms with Crippen LogP contribution in [0.4, 0.5) is 5.82 Å². The summed E-state index contributed by atoms with van der Waals surface area (Å²) in [4.78, 5) is 29.9. The molecule has 1 fully saturated rings. The Balaban J connectivity index is 1.55. The highest BCUT2D eigenvalue weighted by Gasteiger charge is 2.25. The van der Waals surface area contributed by atoms with Crippen molar-refractivity contribution in [2.24, 2.45) is 0 Å². The van der Waals surface area contributed by atoms with Crippen LogP contribution >= 0.6 is 0 Å². The lowest BCUT2D eigenvalue weighted by molar-refractivity contribution is -0.114. The third-order valence-corrected chi connectivity index (χ3v) is 4.42. The first-order valence-corrected chi connectivity index (χ1v) is 9.48. The van der Waals surface area contributed by atoms with Crippen LogP contribution in [-0.2, 0) is 4.79 Å². The number of amides is 2. The molecule has 0 saturated carbocycles. The maximum atomic E-state index is 12.7. The molecule has 148 valence electrons. The topological polar surface area (TPSA) is 80.8 Å². The zero-order chi connectivity index (χ0) is 19.9. The molecule has 1 N–H and O–H groups in total. The van der Waals surface area contributed by atoms with Gasteiger partial charge in [0, 0.05) is 38.9 Å². The number of carbonyl (C=O) groups is 2. The van der Waals surface area contributed by atoms with Crippen molar-refractivity contribution in [3.8, 4) is 11.5 Å². The molecule has 1 aliphatic heterocycles. The normalized spacial score (nSPS) is 14.4. The third-order valence-electron chi connectivity index (χ3n) is 4.42. The molecule has 0 radical (unpaired) electrons. The number of nitrogens with one attached hydrogen (secondary N) is 1. The first-order chi connectivity index (χ1) is 13.5. The number of nitrogens with zero attached hydrogens (tertiary/aromatic N) is 2. The number of hydrogen-bond donors (Lipinski definition) is 1. The minimum atomic E-state index is -0.219. The van der Waals surface area contributed by atoms with Gasteiger partial charge in [-0.25, -0.2) is 4.98 Å². The Morgan fingerprint density at radius 1 is 1.14 bits per heavy atom. The molecule has 0 unspecified atom stereocenters. The van der Waals surface area contributed by atoms with Gasteiger partial charge in [0.25, 0.3) is 5.91 Å². The predicted molar refractivity (Wildman–Crippen MR) is 106 cm³/mol. The summed E-state index contributed by atoms with van der Waals surface area (Å²) in [5.41, 5.74) is 0.329. The molecule has 2 amide bonds. The number of ether oxygens (including phenoxy) is 2. The van der Waals surface area contributed by atoms with Gasteiger partial charge in [0.05, 0.1) is 6.61 Å². The summed E-state index contributed by atoms with van der Waals surface area (Å²) in [5, 5.41) is 2.60. The average molecular weight is 383 g/mol. The van der Waals surface area contributed by atoms with Crippen molar-refractivity contribution in [1.29, 1.82) is 0 Å². The quantitative estimate of drug-likeness (QED) is 0.829. The maximum absolute atomic E-state index is 12.7. The molecule has 2 aromatic rings. The van der Waals surface area contributed by atoms with Gasteiger partial charge in [-0.05, 0) is 31.2 Å². The van der Waals surface area contributed by atoms with Crippen molar-refractivity contribution >= 4 is 17.6 Å². The van der Waals surface area contributed by atoms with E-state index in [2.05, 4.69) is 10.3 Å². The van der Waals surface area contributed by atoms with Crippen molar-refractivity contribution in [3.63, 3.8) is 0 Å². The first-order valence-electron chi connectivity index (χ1n) is 9.48. The Hall–Kier alpha value is -3.09. The van der Waals surface area contributed by atoms with Gasteiger partial charge >= 0.3 is 0 Å². The van der Waals surface area contributed by atoms with E-state index in [1.165, 1.54) is 6.92 Å². The Morgan fingerprint density at radius 3 is 2.57 bits per heavy atom. The molecule has 0 spiro atoms. The lowest BCUT2D eigenvalue weighted by Crippen LogP contribution is -2.42. The Bertz CT molecular complexity index is 832. The van der Waals surface area contributed by atoms with Crippen LogP contribution in [0, 0.1) is 0 Å². The monoisotopic (exact) mass is 383 g/mol. The molecule has 1 aromatic heterocycles. The van der Waals surface area contributed by atoms with Gasteiger partial charge in [-0.15, -0.1) is 0 Å². The fraction of sp³-hybridized carbons (Fsp3) is 0.381. The number of hydrogen-bond acceptors (Lipinski definition) is 5. The van der Waals surface area contributed by atoms with Gasteiger partial charge < -0.3 is 19.7 Å². The summed E-state index contributed by atoms with van der Waals surface area (Å²) < 4.78 is 11.6. The molecule has 7 heteroatoms. The number of pyridine rings is 1. The Morgan fingerprint density at radius 2 is 1.86 bits per heavy atom. The second kappa shape index (κ2) is 9.21.